The second-order valence-electron chi connectivity index (χ2n) is 4.53. The molecule has 0 atom stereocenters. The number of hydrogen-bond acceptors (Lipinski definition) is 4. The Labute approximate surface area is 123 Å². The van der Waals surface area contributed by atoms with Crippen molar-refractivity contribution in [2.45, 2.75) is 6.42 Å². The van der Waals surface area contributed by atoms with E-state index in [0.29, 0.717) is 10.9 Å². The second-order valence-corrected chi connectivity index (χ2v) is 5.56. The Kier molecular flexibility index (Phi) is 3.45. The molecule has 0 aliphatic carbocycles. The zero-order valence-electron chi connectivity index (χ0n) is 10.9. The summed E-state index contributed by atoms with van der Waals surface area (Å²) in [5.74, 6) is -0.553. The minimum atomic E-state index is -0.522. The van der Waals surface area contributed by atoms with Crippen molar-refractivity contribution in [1.29, 1.82) is 0 Å². The number of nitrogens with one attached hydrogen (secondary N) is 2. The topological polar surface area (TPSA) is 82.2 Å². The number of thiophene rings is 1. The molecule has 0 spiro atoms. The minimum absolute atomic E-state index is 0.116. The first-order valence-electron chi connectivity index (χ1n) is 6.31. The lowest BCUT2D eigenvalue weighted by Crippen LogP contribution is -2.21. The maximum Gasteiger partial charge on any atom is 0.276 e. The summed E-state index contributed by atoms with van der Waals surface area (Å²) < 4.78 is 0. The van der Waals surface area contributed by atoms with Crippen LogP contribution in [-0.4, -0.2) is 16.0 Å². The number of para-hydroxylation sites is 1. The summed E-state index contributed by atoms with van der Waals surface area (Å²) >= 11 is 1.46. The first-order chi connectivity index (χ1) is 10.1. The Morgan fingerprint density at radius 3 is 2.81 bits per heavy atom. The van der Waals surface area contributed by atoms with E-state index in [2.05, 4.69) is 10.3 Å². The Morgan fingerprint density at radius 2 is 2.05 bits per heavy atom. The van der Waals surface area contributed by atoms with Crippen molar-refractivity contribution < 1.29 is 9.90 Å². The number of rotatable bonds is 3. The summed E-state index contributed by atoms with van der Waals surface area (Å²) in [6, 6.07) is 10.6. The molecule has 0 fully saturated rings. The number of aromatic hydroxyl groups is 1. The lowest BCUT2D eigenvalue weighted by atomic mass is 10.2. The van der Waals surface area contributed by atoms with Crippen LogP contribution in [0.25, 0.3) is 10.9 Å². The number of aromatic amines is 1. The van der Waals surface area contributed by atoms with Gasteiger partial charge in [0.25, 0.3) is 5.56 Å². The van der Waals surface area contributed by atoms with Crippen molar-refractivity contribution in [2.24, 2.45) is 0 Å². The van der Waals surface area contributed by atoms with Gasteiger partial charge in [-0.15, -0.1) is 11.3 Å². The van der Waals surface area contributed by atoms with E-state index in [1.165, 1.54) is 11.3 Å². The molecule has 3 rings (SSSR count). The number of benzene rings is 1. The molecule has 0 unspecified atom stereocenters. The highest BCUT2D eigenvalue weighted by Gasteiger charge is 2.14. The normalized spacial score (nSPS) is 10.7. The third-order valence-electron chi connectivity index (χ3n) is 3.07. The van der Waals surface area contributed by atoms with E-state index in [0.717, 1.165) is 4.88 Å². The van der Waals surface area contributed by atoms with Crippen LogP contribution in [0.1, 0.15) is 4.88 Å². The van der Waals surface area contributed by atoms with Gasteiger partial charge in [0, 0.05) is 10.3 Å². The molecule has 3 N–H and O–H groups in total. The van der Waals surface area contributed by atoms with Crippen LogP contribution in [0.4, 0.5) is 5.69 Å². The predicted octanol–water partition coefficient (Wildman–Crippen LogP) is 2.48. The van der Waals surface area contributed by atoms with Gasteiger partial charge in [-0.2, -0.15) is 0 Å². The van der Waals surface area contributed by atoms with Crippen LogP contribution in [0, 0.1) is 0 Å². The van der Waals surface area contributed by atoms with Crippen LogP contribution >= 0.6 is 11.3 Å². The maximum atomic E-state index is 12.0. The van der Waals surface area contributed by atoms with Crippen LogP contribution < -0.4 is 10.9 Å². The maximum absolute atomic E-state index is 12.0. The largest absolute Gasteiger partial charge is 0.505 e. The second kappa shape index (κ2) is 5.41. The van der Waals surface area contributed by atoms with E-state index in [1.807, 2.05) is 17.5 Å². The molecule has 21 heavy (non-hydrogen) atoms. The van der Waals surface area contributed by atoms with Crippen LogP contribution in [0.5, 0.6) is 5.75 Å². The molecule has 2 aromatic heterocycles. The van der Waals surface area contributed by atoms with Gasteiger partial charge in [-0.3, -0.25) is 9.59 Å². The SMILES string of the molecule is O=C(Cc1cccs1)Nc1c(O)c2ccccc2[nH]c1=O. The Balaban J connectivity index is 1.93. The highest BCUT2D eigenvalue weighted by molar-refractivity contribution is 7.10. The first kappa shape index (κ1) is 13.4. The lowest BCUT2D eigenvalue weighted by molar-refractivity contribution is -0.115. The van der Waals surface area contributed by atoms with Crippen molar-refractivity contribution in [1.82, 2.24) is 4.98 Å². The summed E-state index contributed by atoms with van der Waals surface area (Å²) in [6.07, 6.45) is 0.170. The lowest BCUT2D eigenvalue weighted by Gasteiger charge is -2.08. The van der Waals surface area contributed by atoms with E-state index < -0.39 is 5.56 Å². The highest BCUT2D eigenvalue weighted by Crippen LogP contribution is 2.28. The summed E-state index contributed by atoms with van der Waals surface area (Å²) in [7, 11) is 0. The number of carbonyl (C=O) groups excluding carboxylic acids is 1. The molecule has 106 valence electrons. The summed E-state index contributed by atoms with van der Waals surface area (Å²) in [4.78, 5) is 27.4. The zero-order chi connectivity index (χ0) is 14.8. The van der Waals surface area contributed by atoms with Crippen LogP contribution in [-0.2, 0) is 11.2 Å². The molecular weight excluding hydrogens is 288 g/mol. The monoisotopic (exact) mass is 300 g/mol. The Bertz CT molecular complexity index is 853. The van der Waals surface area contributed by atoms with Crippen molar-refractivity contribution in [3.05, 3.63) is 57.0 Å². The van der Waals surface area contributed by atoms with Gasteiger partial charge < -0.3 is 15.4 Å². The zero-order valence-corrected chi connectivity index (χ0v) is 11.7. The molecule has 0 aliphatic rings. The fraction of sp³-hybridized carbons (Fsp3) is 0.0667. The van der Waals surface area contributed by atoms with Gasteiger partial charge in [0.05, 0.1) is 11.9 Å². The van der Waals surface area contributed by atoms with Gasteiger partial charge in [-0.1, -0.05) is 18.2 Å². The number of carbonyl (C=O) groups is 1. The van der Waals surface area contributed by atoms with Crippen LogP contribution in [0.3, 0.4) is 0 Å². The molecule has 6 heteroatoms. The number of pyridine rings is 1. The molecule has 1 aromatic carbocycles. The van der Waals surface area contributed by atoms with Crippen molar-refractivity contribution in [3.8, 4) is 5.75 Å². The van der Waals surface area contributed by atoms with Crippen LogP contribution in [0.15, 0.2) is 46.6 Å². The number of hydrogen-bond donors (Lipinski definition) is 3. The standard InChI is InChI=1S/C15H12N2O3S/c18-12(8-9-4-3-7-21-9)17-13-14(19)10-5-1-2-6-11(10)16-15(13)20/h1-7H,8H2,(H,17,18)(H2,16,19,20). The van der Waals surface area contributed by atoms with Gasteiger partial charge in [-0.25, -0.2) is 0 Å². The van der Waals surface area contributed by atoms with Gasteiger partial charge in [0.15, 0.2) is 5.75 Å². The number of amides is 1. The average Bonchev–Trinajstić information content (AvgIpc) is 2.96. The molecule has 0 bridgehead atoms. The Hall–Kier alpha value is -2.60. The number of aromatic nitrogens is 1. The molecule has 0 saturated carbocycles. The van der Waals surface area contributed by atoms with E-state index in [4.69, 9.17) is 0 Å². The predicted molar refractivity (Wildman–Crippen MR) is 82.9 cm³/mol. The average molecular weight is 300 g/mol. The number of fused-ring (bicyclic) bond motifs is 1. The molecule has 0 aliphatic heterocycles. The fourth-order valence-corrected chi connectivity index (χ4v) is 2.80. The van der Waals surface area contributed by atoms with Crippen LogP contribution in [0.2, 0.25) is 0 Å². The summed E-state index contributed by atoms with van der Waals surface area (Å²) in [6.45, 7) is 0. The highest BCUT2D eigenvalue weighted by atomic mass is 32.1. The van der Waals surface area contributed by atoms with E-state index in [9.17, 15) is 14.7 Å². The number of H-pyrrole nitrogens is 1. The van der Waals surface area contributed by atoms with Gasteiger partial charge in [0.2, 0.25) is 5.91 Å². The molecule has 5 nitrogen and oxygen atoms in total. The summed E-state index contributed by atoms with van der Waals surface area (Å²) in [5, 5.41) is 15.0. The molecule has 3 aromatic rings. The Morgan fingerprint density at radius 1 is 1.24 bits per heavy atom. The van der Waals surface area contributed by atoms with E-state index in [1.54, 1.807) is 24.3 Å². The van der Waals surface area contributed by atoms with E-state index in [-0.39, 0.29) is 23.8 Å². The van der Waals surface area contributed by atoms with Gasteiger partial charge in [0.1, 0.15) is 5.69 Å². The third-order valence-corrected chi connectivity index (χ3v) is 3.95. The van der Waals surface area contributed by atoms with Crippen molar-refractivity contribution in [3.63, 3.8) is 0 Å². The van der Waals surface area contributed by atoms with Gasteiger partial charge in [-0.05, 0) is 23.6 Å². The molecule has 1 amide bonds. The quantitative estimate of drug-likeness (QED) is 0.695. The van der Waals surface area contributed by atoms with E-state index >= 15 is 0 Å². The smallest absolute Gasteiger partial charge is 0.276 e. The van der Waals surface area contributed by atoms with Crippen molar-refractivity contribution in [2.75, 3.05) is 5.32 Å². The van der Waals surface area contributed by atoms with Crippen molar-refractivity contribution >= 4 is 33.8 Å². The fourth-order valence-electron chi connectivity index (χ4n) is 2.10. The molecule has 0 saturated heterocycles. The molecule has 0 radical (unpaired) electrons. The molecular formula is C15H12N2O3S. The summed E-state index contributed by atoms with van der Waals surface area (Å²) in [5.41, 5.74) is -0.114. The first-order valence-corrected chi connectivity index (χ1v) is 7.19. The number of anilines is 1. The minimum Gasteiger partial charge on any atom is -0.505 e. The molecule has 2 heterocycles. The van der Waals surface area contributed by atoms with Gasteiger partial charge >= 0.3 is 0 Å². The third kappa shape index (κ3) is 2.66.